The third kappa shape index (κ3) is 3.74. The topological polar surface area (TPSA) is 40.5 Å². The van der Waals surface area contributed by atoms with E-state index in [1.807, 2.05) is 67.6 Å². The van der Waals surface area contributed by atoms with E-state index in [0.29, 0.717) is 0 Å². The Morgan fingerprint density at radius 3 is 2.14 bits per heavy atom. The summed E-state index contributed by atoms with van der Waals surface area (Å²) in [5.74, 6) is -0.0785. The molecule has 1 N–H and O–H groups in total. The number of nitrogens with zero attached hydrogens (tertiary/aromatic N) is 1. The maximum Gasteiger partial charge on any atom is 0.226 e. The van der Waals surface area contributed by atoms with Crippen LogP contribution in [-0.2, 0) is 10.4 Å². The van der Waals surface area contributed by atoms with Crippen LogP contribution in [0.25, 0.3) is 0 Å². The molecule has 0 heterocycles. The van der Waals surface area contributed by atoms with Crippen LogP contribution in [0.2, 0.25) is 0 Å². The van der Waals surface area contributed by atoms with Crippen LogP contribution in [0, 0.1) is 0 Å². The summed E-state index contributed by atoms with van der Waals surface area (Å²) in [7, 11) is 1.78. The van der Waals surface area contributed by atoms with Gasteiger partial charge < -0.3 is 10.0 Å². The third-order valence-corrected chi connectivity index (χ3v) is 4.15. The minimum absolute atomic E-state index is 0.0275. The van der Waals surface area contributed by atoms with E-state index in [1.165, 1.54) is 0 Å². The van der Waals surface area contributed by atoms with Gasteiger partial charge >= 0.3 is 0 Å². The Bertz CT molecular complexity index is 608. The first-order valence-corrected chi connectivity index (χ1v) is 7.50. The highest BCUT2D eigenvalue weighted by molar-refractivity contribution is 5.77. The van der Waals surface area contributed by atoms with Crippen molar-refractivity contribution in [2.75, 3.05) is 7.05 Å². The minimum Gasteiger partial charge on any atom is -0.385 e. The Kier molecular flexibility index (Phi) is 4.99. The fourth-order valence-electron chi connectivity index (χ4n) is 2.49. The average molecular weight is 297 g/mol. The van der Waals surface area contributed by atoms with Crippen molar-refractivity contribution < 1.29 is 9.90 Å². The van der Waals surface area contributed by atoms with Crippen molar-refractivity contribution in [2.24, 2.45) is 0 Å². The van der Waals surface area contributed by atoms with Crippen LogP contribution in [0.3, 0.4) is 0 Å². The molecule has 0 radical (unpaired) electrons. The van der Waals surface area contributed by atoms with Crippen LogP contribution in [0.1, 0.15) is 37.4 Å². The predicted octanol–water partition coefficient (Wildman–Crippen LogP) is 3.50. The van der Waals surface area contributed by atoms with Crippen molar-refractivity contribution in [1.82, 2.24) is 4.90 Å². The van der Waals surface area contributed by atoms with E-state index in [2.05, 4.69) is 0 Å². The van der Waals surface area contributed by atoms with Gasteiger partial charge in [0.2, 0.25) is 5.91 Å². The Morgan fingerprint density at radius 2 is 1.59 bits per heavy atom. The summed E-state index contributed by atoms with van der Waals surface area (Å²) in [6, 6.07) is 19.2. The lowest BCUT2D eigenvalue weighted by molar-refractivity contribution is -0.136. The fraction of sp³-hybridized carbons (Fsp3) is 0.316. The van der Waals surface area contributed by atoms with Crippen LogP contribution < -0.4 is 0 Å². The summed E-state index contributed by atoms with van der Waals surface area (Å²) in [5, 5.41) is 10.6. The number of carbonyl (C=O) groups is 1. The molecule has 2 aromatic carbocycles. The number of aliphatic hydroxyl groups is 1. The Hall–Kier alpha value is -2.13. The Morgan fingerprint density at radius 1 is 1.09 bits per heavy atom. The molecule has 0 aliphatic rings. The summed E-state index contributed by atoms with van der Waals surface area (Å²) in [6.07, 6.45) is 0.0602. The highest BCUT2D eigenvalue weighted by Crippen LogP contribution is 2.27. The summed E-state index contributed by atoms with van der Waals surface area (Å²) in [5.41, 5.74) is 0.671. The first-order chi connectivity index (χ1) is 10.4. The molecule has 0 saturated heterocycles. The molecule has 0 saturated carbocycles. The quantitative estimate of drug-likeness (QED) is 0.917. The number of rotatable bonds is 5. The first kappa shape index (κ1) is 16.2. The molecule has 0 aliphatic heterocycles. The van der Waals surface area contributed by atoms with Gasteiger partial charge in [-0.25, -0.2) is 0 Å². The predicted molar refractivity (Wildman–Crippen MR) is 88.3 cm³/mol. The first-order valence-electron chi connectivity index (χ1n) is 7.50. The van der Waals surface area contributed by atoms with Crippen molar-refractivity contribution in [3.63, 3.8) is 0 Å². The van der Waals surface area contributed by atoms with Gasteiger partial charge in [-0.05, 0) is 25.0 Å². The van der Waals surface area contributed by atoms with Crippen molar-refractivity contribution in [1.29, 1.82) is 0 Å². The number of carbonyl (C=O) groups excluding carboxylic acids is 1. The van der Waals surface area contributed by atoms with E-state index in [-0.39, 0.29) is 18.4 Å². The van der Waals surface area contributed by atoms with E-state index < -0.39 is 5.60 Å². The van der Waals surface area contributed by atoms with Crippen LogP contribution in [0.4, 0.5) is 0 Å². The number of benzene rings is 2. The minimum atomic E-state index is -1.16. The molecule has 0 spiro atoms. The molecule has 1 amide bonds. The zero-order valence-electron chi connectivity index (χ0n) is 13.4. The summed E-state index contributed by atoms with van der Waals surface area (Å²) in [6.45, 7) is 3.67. The lowest BCUT2D eigenvalue weighted by Gasteiger charge is -2.30. The molecule has 0 aromatic heterocycles. The van der Waals surface area contributed by atoms with Gasteiger partial charge in [0.15, 0.2) is 0 Å². The zero-order chi connectivity index (χ0) is 16.2. The number of hydrogen-bond donors (Lipinski definition) is 1. The van der Waals surface area contributed by atoms with E-state index in [0.717, 1.165) is 11.1 Å². The van der Waals surface area contributed by atoms with Gasteiger partial charge in [0.05, 0.1) is 18.1 Å². The standard InChI is InChI=1S/C19H23NO2/c1-15(16-10-6-4-7-11-16)20(3)18(21)14-19(2,22)17-12-8-5-9-13-17/h4-13,15,22H,14H2,1-3H3. The maximum atomic E-state index is 12.5. The van der Waals surface area contributed by atoms with Gasteiger partial charge in [-0.2, -0.15) is 0 Å². The molecule has 2 atom stereocenters. The van der Waals surface area contributed by atoms with Crippen LogP contribution in [0.15, 0.2) is 60.7 Å². The Balaban J connectivity index is 2.08. The van der Waals surface area contributed by atoms with Gasteiger partial charge in [-0.1, -0.05) is 60.7 Å². The SMILES string of the molecule is CC(c1ccccc1)N(C)C(=O)CC(C)(O)c1ccccc1. The maximum absolute atomic E-state index is 12.5. The highest BCUT2D eigenvalue weighted by Gasteiger charge is 2.29. The van der Waals surface area contributed by atoms with Crippen molar-refractivity contribution in [3.8, 4) is 0 Å². The molecule has 2 unspecified atom stereocenters. The molecular weight excluding hydrogens is 274 g/mol. The smallest absolute Gasteiger partial charge is 0.226 e. The van der Waals surface area contributed by atoms with Crippen LogP contribution in [0.5, 0.6) is 0 Å². The second-order valence-corrected chi connectivity index (χ2v) is 5.91. The summed E-state index contributed by atoms with van der Waals surface area (Å²) >= 11 is 0. The van der Waals surface area contributed by atoms with Crippen LogP contribution in [-0.4, -0.2) is 23.0 Å². The normalized spacial score (nSPS) is 14.9. The van der Waals surface area contributed by atoms with Gasteiger partial charge in [-0.15, -0.1) is 0 Å². The third-order valence-electron chi connectivity index (χ3n) is 4.15. The second-order valence-electron chi connectivity index (χ2n) is 5.91. The molecule has 116 valence electrons. The van der Waals surface area contributed by atoms with Gasteiger partial charge in [-0.3, -0.25) is 4.79 Å². The molecular formula is C19H23NO2. The molecule has 3 heteroatoms. The molecule has 0 bridgehead atoms. The molecule has 0 aliphatic carbocycles. The van der Waals surface area contributed by atoms with E-state index in [4.69, 9.17) is 0 Å². The lowest BCUT2D eigenvalue weighted by atomic mass is 9.91. The molecule has 0 fully saturated rings. The van der Waals surface area contributed by atoms with Gasteiger partial charge in [0.1, 0.15) is 0 Å². The summed E-state index contributed by atoms with van der Waals surface area (Å²) in [4.78, 5) is 14.2. The van der Waals surface area contributed by atoms with Crippen molar-refractivity contribution in [2.45, 2.75) is 31.9 Å². The second kappa shape index (κ2) is 6.75. The average Bonchev–Trinajstić information content (AvgIpc) is 2.54. The summed E-state index contributed by atoms with van der Waals surface area (Å²) < 4.78 is 0. The van der Waals surface area contributed by atoms with Gasteiger partial charge in [0, 0.05) is 7.05 Å². The Labute approximate surface area is 132 Å². The molecule has 22 heavy (non-hydrogen) atoms. The molecule has 3 nitrogen and oxygen atoms in total. The largest absolute Gasteiger partial charge is 0.385 e. The highest BCUT2D eigenvalue weighted by atomic mass is 16.3. The lowest BCUT2D eigenvalue weighted by Crippen LogP contribution is -2.35. The molecule has 2 rings (SSSR count). The van der Waals surface area contributed by atoms with Crippen LogP contribution >= 0.6 is 0 Å². The van der Waals surface area contributed by atoms with E-state index >= 15 is 0 Å². The van der Waals surface area contributed by atoms with Crippen molar-refractivity contribution in [3.05, 3.63) is 71.8 Å². The van der Waals surface area contributed by atoms with Gasteiger partial charge in [0.25, 0.3) is 0 Å². The van der Waals surface area contributed by atoms with E-state index in [1.54, 1.807) is 18.9 Å². The monoisotopic (exact) mass is 297 g/mol. The number of amides is 1. The number of hydrogen-bond acceptors (Lipinski definition) is 2. The fourth-order valence-corrected chi connectivity index (χ4v) is 2.49. The van der Waals surface area contributed by atoms with Crippen molar-refractivity contribution >= 4 is 5.91 Å². The zero-order valence-corrected chi connectivity index (χ0v) is 13.4. The van der Waals surface area contributed by atoms with E-state index in [9.17, 15) is 9.90 Å². The molecule has 2 aromatic rings.